The van der Waals surface area contributed by atoms with E-state index in [1.807, 2.05) is 23.6 Å². The lowest BCUT2D eigenvalue weighted by atomic mass is 10.0. The summed E-state index contributed by atoms with van der Waals surface area (Å²) in [6.07, 6.45) is 4.67. The van der Waals surface area contributed by atoms with E-state index in [1.165, 1.54) is 29.7 Å². The van der Waals surface area contributed by atoms with Crippen molar-refractivity contribution in [1.29, 1.82) is 0 Å². The Balaban J connectivity index is 1.52. The molecule has 0 bridgehead atoms. The number of amides is 1. The van der Waals surface area contributed by atoms with Crippen molar-refractivity contribution in [3.8, 4) is 5.75 Å². The van der Waals surface area contributed by atoms with Gasteiger partial charge in [0.05, 0.1) is 4.88 Å². The molecule has 2 aromatic rings. The van der Waals surface area contributed by atoms with Gasteiger partial charge in [-0.25, -0.2) is 0 Å². The van der Waals surface area contributed by atoms with E-state index < -0.39 is 0 Å². The fourth-order valence-corrected chi connectivity index (χ4v) is 3.81. The molecule has 1 aliphatic carbocycles. The summed E-state index contributed by atoms with van der Waals surface area (Å²) in [7, 11) is 0. The predicted molar refractivity (Wildman–Crippen MR) is 98.9 cm³/mol. The minimum atomic E-state index is 0.0550. The van der Waals surface area contributed by atoms with Crippen LogP contribution in [0.3, 0.4) is 0 Å². The van der Waals surface area contributed by atoms with Gasteiger partial charge in [0.2, 0.25) is 0 Å². The molecule has 0 atom stereocenters. The lowest BCUT2D eigenvalue weighted by molar-refractivity contribution is 0.0942. The van der Waals surface area contributed by atoms with E-state index in [0.717, 1.165) is 29.0 Å². The average molecular weight is 343 g/mol. The Morgan fingerprint density at radius 3 is 2.62 bits per heavy atom. The summed E-state index contributed by atoms with van der Waals surface area (Å²) in [6, 6.07) is 10.5. The third kappa shape index (κ3) is 4.38. The second kappa shape index (κ2) is 7.84. The predicted octanol–water partition coefficient (Wildman–Crippen LogP) is 5.12. The number of carbonyl (C=O) groups is 1. The van der Waals surface area contributed by atoms with Crippen LogP contribution < -0.4 is 10.1 Å². The Kier molecular flexibility index (Phi) is 5.56. The Morgan fingerprint density at radius 2 is 1.96 bits per heavy atom. The molecule has 1 fully saturated rings. The number of rotatable bonds is 6. The standard InChI is InChI=1S/C20H25NO2S/c1-14(2)16-7-9-18(10-8-16)23-12-15-11-19(24-13-15)20(22)21-17-5-3-4-6-17/h7-11,13-14,17H,3-6,12H2,1-2H3,(H,21,22). The van der Waals surface area contributed by atoms with E-state index in [-0.39, 0.29) is 5.91 Å². The fraction of sp³-hybridized carbons (Fsp3) is 0.450. The molecule has 1 saturated carbocycles. The van der Waals surface area contributed by atoms with Gasteiger partial charge >= 0.3 is 0 Å². The van der Waals surface area contributed by atoms with Gasteiger partial charge in [0.25, 0.3) is 5.91 Å². The van der Waals surface area contributed by atoms with Gasteiger partial charge in [-0.3, -0.25) is 4.79 Å². The van der Waals surface area contributed by atoms with Gasteiger partial charge in [-0.05, 0) is 47.9 Å². The van der Waals surface area contributed by atoms with E-state index in [0.29, 0.717) is 18.6 Å². The molecule has 1 heterocycles. The van der Waals surface area contributed by atoms with Crippen LogP contribution in [0, 0.1) is 0 Å². The molecule has 3 nitrogen and oxygen atoms in total. The first-order valence-electron chi connectivity index (χ1n) is 8.73. The van der Waals surface area contributed by atoms with Crippen LogP contribution in [0.5, 0.6) is 5.75 Å². The molecular weight excluding hydrogens is 318 g/mol. The normalized spacial score (nSPS) is 15.0. The summed E-state index contributed by atoms with van der Waals surface area (Å²) < 4.78 is 5.83. The Hall–Kier alpha value is -1.81. The highest BCUT2D eigenvalue weighted by atomic mass is 32.1. The summed E-state index contributed by atoms with van der Waals surface area (Å²) in [6.45, 7) is 4.85. The van der Waals surface area contributed by atoms with Crippen LogP contribution in [0.1, 0.15) is 66.2 Å². The van der Waals surface area contributed by atoms with E-state index in [2.05, 4.69) is 31.3 Å². The molecule has 128 valence electrons. The SMILES string of the molecule is CC(C)c1ccc(OCc2csc(C(=O)NC3CCCC3)c2)cc1. The van der Waals surface area contributed by atoms with Crippen LogP contribution in [0.25, 0.3) is 0 Å². The third-order valence-corrected chi connectivity index (χ3v) is 5.50. The molecular formula is C20H25NO2S. The molecule has 0 radical (unpaired) electrons. The minimum absolute atomic E-state index is 0.0550. The molecule has 24 heavy (non-hydrogen) atoms. The molecule has 0 spiro atoms. The summed E-state index contributed by atoms with van der Waals surface area (Å²) in [5.41, 5.74) is 2.35. The van der Waals surface area contributed by atoms with Crippen molar-refractivity contribution in [3.63, 3.8) is 0 Å². The molecule has 1 N–H and O–H groups in total. The summed E-state index contributed by atoms with van der Waals surface area (Å²) in [5, 5.41) is 5.14. The Morgan fingerprint density at radius 1 is 1.25 bits per heavy atom. The molecule has 4 heteroatoms. The van der Waals surface area contributed by atoms with Crippen LogP contribution >= 0.6 is 11.3 Å². The zero-order valence-corrected chi connectivity index (χ0v) is 15.2. The zero-order valence-electron chi connectivity index (χ0n) is 14.4. The summed E-state index contributed by atoms with van der Waals surface area (Å²) in [4.78, 5) is 13.0. The maximum Gasteiger partial charge on any atom is 0.261 e. The quantitative estimate of drug-likeness (QED) is 0.790. The molecule has 0 saturated heterocycles. The number of ether oxygens (including phenoxy) is 1. The van der Waals surface area contributed by atoms with Gasteiger partial charge in [0.15, 0.2) is 0 Å². The van der Waals surface area contributed by atoms with Crippen LogP contribution in [0.4, 0.5) is 0 Å². The molecule has 0 unspecified atom stereocenters. The fourth-order valence-electron chi connectivity index (χ4n) is 3.01. The molecule has 1 aromatic heterocycles. The van der Waals surface area contributed by atoms with Crippen molar-refractivity contribution in [1.82, 2.24) is 5.32 Å². The van der Waals surface area contributed by atoms with E-state index in [1.54, 1.807) is 0 Å². The van der Waals surface area contributed by atoms with Crippen LogP contribution in [-0.4, -0.2) is 11.9 Å². The van der Waals surface area contributed by atoms with E-state index in [4.69, 9.17) is 4.74 Å². The molecule has 3 rings (SSSR count). The number of hydrogen-bond acceptors (Lipinski definition) is 3. The van der Waals surface area contributed by atoms with Gasteiger partial charge in [0.1, 0.15) is 12.4 Å². The number of benzene rings is 1. The molecule has 1 aliphatic rings. The maximum absolute atomic E-state index is 12.2. The first-order valence-corrected chi connectivity index (χ1v) is 9.61. The largest absolute Gasteiger partial charge is 0.489 e. The number of hydrogen-bond donors (Lipinski definition) is 1. The Bertz CT molecular complexity index is 669. The van der Waals surface area contributed by atoms with Crippen LogP contribution in [-0.2, 0) is 6.61 Å². The van der Waals surface area contributed by atoms with E-state index in [9.17, 15) is 4.79 Å². The highest BCUT2D eigenvalue weighted by molar-refractivity contribution is 7.12. The Labute approximate surface area is 148 Å². The van der Waals surface area contributed by atoms with Gasteiger partial charge in [-0.2, -0.15) is 0 Å². The topological polar surface area (TPSA) is 38.3 Å². The first-order chi connectivity index (χ1) is 11.6. The summed E-state index contributed by atoms with van der Waals surface area (Å²) >= 11 is 1.49. The smallest absolute Gasteiger partial charge is 0.261 e. The molecule has 0 aliphatic heterocycles. The van der Waals surface area contributed by atoms with Crippen LogP contribution in [0.2, 0.25) is 0 Å². The number of nitrogens with one attached hydrogen (secondary N) is 1. The van der Waals surface area contributed by atoms with Crippen molar-refractivity contribution in [2.45, 2.75) is 58.1 Å². The van der Waals surface area contributed by atoms with Gasteiger partial charge in [-0.15, -0.1) is 11.3 Å². The highest BCUT2D eigenvalue weighted by Crippen LogP contribution is 2.22. The second-order valence-corrected chi connectivity index (χ2v) is 7.70. The van der Waals surface area contributed by atoms with Gasteiger partial charge in [-0.1, -0.05) is 38.8 Å². The number of carbonyl (C=O) groups excluding carboxylic acids is 1. The maximum atomic E-state index is 12.2. The monoisotopic (exact) mass is 343 g/mol. The molecule has 1 aromatic carbocycles. The van der Waals surface area contributed by atoms with Gasteiger partial charge < -0.3 is 10.1 Å². The van der Waals surface area contributed by atoms with Crippen molar-refractivity contribution in [2.24, 2.45) is 0 Å². The van der Waals surface area contributed by atoms with Crippen molar-refractivity contribution in [3.05, 3.63) is 51.7 Å². The first kappa shape index (κ1) is 17.0. The van der Waals surface area contributed by atoms with Gasteiger partial charge in [0, 0.05) is 11.6 Å². The summed E-state index contributed by atoms with van der Waals surface area (Å²) in [5.74, 6) is 1.44. The molecule has 1 amide bonds. The van der Waals surface area contributed by atoms with Crippen molar-refractivity contribution in [2.75, 3.05) is 0 Å². The van der Waals surface area contributed by atoms with Crippen molar-refractivity contribution >= 4 is 17.2 Å². The van der Waals surface area contributed by atoms with E-state index >= 15 is 0 Å². The average Bonchev–Trinajstić information content (AvgIpc) is 3.25. The lowest BCUT2D eigenvalue weighted by Crippen LogP contribution is -2.31. The lowest BCUT2D eigenvalue weighted by Gasteiger charge is -2.10. The van der Waals surface area contributed by atoms with Crippen molar-refractivity contribution < 1.29 is 9.53 Å². The third-order valence-electron chi connectivity index (χ3n) is 4.52. The second-order valence-electron chi connectivity index (χ2n) is 6.79. The highest BCUT2D eigenvalue weighted by Gasteiger charge is 2.18. The number of thiophene rings is 1. The zero-order chi connectivity index (χ0) is 16.9. The van der Waals surface area contributed by atoms with Crippen LogP contribution in [0.15, 0.2) is 35.7 Å². The minimum Gasteiger partial charge on any atom is -0.489 e.